The third kappa shape index (κ3) is 6.66. The summed E-state index contributed by atoms with van der Waals surface area (Å²) in [6, 6.07) is 5.70. The molecule has 3 aromatic rings. The summed E-state index contributed by atoms with van der Waals surface area (Å²) in [7, 11) is 0. The predicted octanol–water partition coefficient (Wildman–Crippen LogP) is 3.80. The number of aryl methyl sites for hydroxylation is 3. The second-order valence-electron chi connectivity index (χ2n) is 11.5. The minimum Gasteiger partial charge on any atom is -1.00 e. The molecule has 2 aliphatic rings. The molecule has 5 heterocycles. The molecule has 5 N–H and O–H groups in total. The van der Waals surface area contributed by atoms with Gasteiger partial charge in [0.2, 0.25) is 0 Å². The van der Waals surface area contributed by atoms with Gasteiger partial charge >= 0.3 is 47.5 Å². The Bertz CT molecular complexity index is 1970. The molecule has 2 atom stereocenters. The molecular formula is C34H37FeN4NaO6. The van der Waals surface area contributed by atoms with Crippen LogP contribution in [0.3, 0.4) is 0 Å². The van der Waals surface area contributed by atoms with E-state index in [1.165, 1.54) is 0 Å². The maximum absolute atomic E-state index is 12.7. The van der Waals surface area contributed by atoms with Gasteiger partial charge in [-0.25, -0.2) is 9.78 Å². The summed E-state index contributed by atoms with van der Waals surface area (Å²) in [5.74, 6) is -4.08. The van der Waals surface area contributed by atoms with Crippen LogP contribution in [0.1, 0.15) is 102 Å². The number of H-pyrrole nitrogens is 2. The number of aromatic nitrogens is 4. The number of allylic oxidation sites excluding steroid dienone is 3. The minimum atomic E-state index is -1.20. The van der Waals surface area contributed by atoms with Crippen LogP contribution in [-0.4, -0.2) is 53.2 Å². The molecule has 0 spiro atoms. The first-order valence-electron chi connectivity index (χ1n) is 14.6. The maximum atomic E-state index is 12.7. The number of nitrogens with one attached hydrogen (secondary N) is 2. The predicted molar refractivity (Wildman–Crippen MR) is 170 cm³/mol. The quantitative estimate of drug-likeness (QED) is 0.225. The van der Waals surface area contributed by atoms with Crippen molar-refractivity contribution in [2.45, 2.75) is 72.1 Å². The molecule has 12 heteroatoms. The molecule has 0 unspecified atom stereocenters. The van der Waals surface area contributed by atoms with Gasteiger partial charge in [-0.1, -0.05) is 26.5 Å². The van der Waals surface area contributed by atoms with Gasteiger partial charge in [-0.05, 0) is 74.1 Å². The van der Waals surface area contributed by atoms with Gasteiger partial charge in [0.05, 0.1) is 34.6 Å². The zero-order chi connectivity index (χ0) is 32.0. The van der Waals surface area contributed by atoms with E-state index in [1.54, 1.807) is 13.0 Å². The van der Waals surface area contributed by atoms with Crippen molar-refractivity contribution in [2.75, 3.05) is 0 Å². The smallest absolute Gasteiger partial charge is 1.00 e. The number of fused-ring (bicyclic) bond motifs is 8. The normalized spacial score (nSPS) is 15.6. The van der Waals surface area contributed by atoms with E-state index in [2.05, 4.69) is 16.5 Å². The number of rotatable bonds is 8. The molecule has 46 heavy (non-hydrogen) atoms. The fourth-order valence-corrected chi connectivity index (χ4v) is 6.53. The molecule has 5 rings (SSSR count). The van der Waals surface area contributed by atoms with Crippen LogP contribution in [-0.2, 0) is 39.5 Å². The third-order valence-corrected chi connectivity index (χ3v) is 8.95. The van der Waals surface area contributed by atoms with Crippen molar-refractivity contribution in [1.29, 1.82) is 0 Å². The fourth-order valence-electron chi connectivity index (χ4n) is 6.53. The first-order valence-corrected chi connectivity index (χ1v) is 14.6. The molecule has 0 saturated heterocycles. The zero-order valence-corrected chi connectivity index (χ0v) is 29.9. The second-order valence-corrected chi connectivity index (χ2v) is 11.5. The van der Waals surface area contributed by atoms with E-state index in [0.29, 0.717) is 28.2 Å². The Labute approximate surface area is 300 Å². The molecule has 0 fully saturated rings. The van der Waals surface area contributed by atoms with Crippen molar-refractivity contribution in [3.8, 4) is 0 Å². The Kier molecular flexibility index (Phi) is 11.7. The van der Waals surface area contributed by atoms with Gasteiger partial charge in [0.15, 0.2) is 0 Å². The summed E-state index contributed by atoms with van der Waals surface area (Å²) in [4.78, 5) is 53.2. The minimum absolute atomic E-state index is 0. The van der Waals surface area contributed by atoms with E-state index < -0.39 is 30.2 Å². The van der Waals surface area contributed by atoms with Gasteiger partial charge in [0.25, 0.3) is 0 Å². The van der Waals surface area contributed by atoms with E-state index >= 15 is 0 Å². The van der Waals surface area contributed by atoms with Gasteiger partial charge in [-0.2, -0.15) is 0 Å². The summed E-state index contributed by atoms with van der Waals surface area (Å²) >= 11 is 0. The Morgan fingerprint density at radius 3 is 2.20 bits per heavy atom. The van der Waals surface area contributed by atoms with Crippen LogP contribution in [0.25, 0.3) is 33.2 Å². The maximum Gasteiger partial charge on any atom is 1.00 e. The zero-order valence-electron chi connectivity index (χ0n) is 27.8. The van der Waals surface area contributed by atoms with Crippen molar-refractivity contribution < 1.29 is 77.8 Å². The first-order chi connectivity index (χ1) is 20.9. The second kappa shape index (κ2) is 14.5. The summed E-state index contributed by atoms with van der Waals surface area (Å²) in [6.07, 6.45) is 2.04. The molecule has 3 aromatic heterocycles. The number of carboxylic acids is 3. The topological polar surface area (TPSA) is 169 Å². The molecule has 0 aromatic carbocycles. The number of hydrogen-bond acceptors (Lipinski definition) is 5. The van der Waals surface area contributed by atoms with E-state index in [0.717, 1.165) is 45.4 Å². The molecule has 10 nitrogen and oxygen atoms in total. The average Bonchev–Trinajstić information content (AvgIpc) is 3.63. The standard InChI is InChI=1S/C34H36N4O6.Fe.Na.H/c1-7-19-15(3)23-12-25-17(5)21(9-10-29(39)40)32(37-25)22(11-30(41)42)33-31(34(43)44)18(6)26(38-33)14-28-20(8-2)16(4)24(36-28)13-27(19)35-23;;;/h7,12-14,17,21,36,38H,1,8-11H2,2-6H3,(H,39,40)(H,41,42)(H,43,44);;;/q;;+1;-1/t17-,21-;;;/m0.../s1. The van der Waals surface area contributed by atoms with E-state index in [9.17, 15) is 29.7 Å². The van der Waals surface area contributed by atoms with E-state index in [4.69, 9.17) is 9.97 Å². The van der Waals surface area contributed by atoms with Crippen molar-refractivity contribution in [3.63, 3.8) is 0 Å². The van der Waals surface area contributed by atoms with Crippen LogP contribution in [0.15, 0.2) is 30.9 Å². The Morgan fingerprint density at radius 2 is 1.61 bits per heavy atom. The van der Waals surface area contributed by atoms with Crippen LogP contribution in [0.2, 0.25) is 0 Å². The van der Waals surface area contributed by atoms with Crippen molar-refractivity contribution in [1.82, 2.24) is 19.9 Å². The van der Waals surface area contributed by atoms with Crippen molar-refractivity contribution in [3.05, 3.63) is 81.4 Å². The van der Waals surface area contributed by atoms with Crippen molar-refractivity contribution >= 4 is 51.1 Å². The summed E-state index contributed by atoms with van der Waals surface area (Å²) in [5, 5.41) is 29.9. The number of aromatic carboxylic acids is 1. The number of nitrogens with zero attached hydrogens (tertiary/aromatic N) is 2. The Morgan fingerprint density at radius 1 is 0.935 bits per heavy atom. The largest absolute Gasteiger partial charge is 1.00 e. The molecule has 0 radical (unpaired) electrons. The van der Waals surface area contributed by atoms with E-state index in [1.807, 2.05) is 45.9 Å². The van der Waals surface area contributed by atoms with Crippen LogP contribution in [0.4, 0.5) is 0 Å². The van der Waals surface area contributed by atoms with Crippen LogP contribution in [0, 0.1) is 13.8 Å². The summed E-state index contributed by atoms with van der Waals surface area (Å²) < 4.78 is 0. The molecule has 0 aliphatic carbocycles. The Balaban J connectivity index is 0.00000256. The number of aliphatic carboxylic acids is 2. The van der Waals surface area contributed by atoms with E-state index in [-0.39, 0.29) is 83.5 Å². The first kappa shape index (κ1) is 37.0. The molecular weight excluding hydrogens is 639 g/mol. The van der Waals surface area contributed by atoms with Crippen molar-refractivity contribution in [2.24, 2.45) is 0 Å². The van der Waals surface area contributed by atoms with Gasteiger partial charge in [0, 0.05) is 68.7 Å². The summed E-state index contributed by atoms with van der Waals surface area (Å²) in [6.45, 7) is 13.7. The van der Waals surface area contributed by atoms with Crippen LogP contribution >= 0.6 is 0 Å². The average molecular weight is 677 g/mol. The van der Waals surface area contributed by atoms with Gasteiger partial charge in [0.1, 0.15) is 0 Å². The monoisotopic (exact) mass is 676 g/mol. The van der Waals surface area contributed by atoms with Crippen LogP contribution < -0.4 is 29.6 Å². The molecule has 238 valence electrons. The SMILES string of the molecule is C=CC1=C(C)c2cc3nc(c(CC(=O)O)c4[nH]c(cc5[nH]c(cc1n2)c(C)c5CC)c(C)c4C(=O)O)[C@@H](CCC(=O)O)[C@@H]3C.[Fe].[H-].[Na+]. The molecule has 8 bridgehead atoms. The van der Waals surface area contributed by atoms with Gasteiger partial charge in [-0.15, -0.1) is 0 Å². The molecule has 0 saturated carbocycles. The molecule has 0 amide bonds. The Hall–Kier alpha value is -3.47. The summed E-state index contributed by atoms with van der Waals surface area (Å²) in [5.41, 5.74) is 9.27. The fraction of sp³-hybridized carbons (Fsp3) is 0.324. The number of carbonyl (C=O) groups is 3. The number of hydrogen-bond donors (Lipinski definition) is 5. The van der Waals surface area contributed by atoms with Gasteiger partial charge in [-0.3, -0.25) is 14.6 Å². The third-order valence-electron chi connectivity index (χ3n) is 8.95. The number of aromatic amines is 2. The number of carboxylic acid groups (broad SMARTS) is 3. The van der Waals surface area contributed by atoms with Gasteiger partial charge < -0.3 is 26.7 Å². The van der Waals surface area contributed by atoms with Crippen LogP contribution in [0.5, 0.6) is 0 Å². The molecule has 2 aliphatic heterocycles.